The quantitative estimate of drug-likeness (QED) is 0.306. The van der Waals surface area contributed by atoms with Crippen molar-refractivity contribution in [1.29, 1.82) is 0 Å². The fourth-order valence-electron chi connectivity index (χ4n) is 4.04. The van der Waals surface area contributed by atoms with Crippen LogP contribution in [-0.4, -0.2) is 33.6 Å². The third-order valence-corrected chi connectivity index (χ3v) is 6.75. The molecule has 3 aromatic rings. The van der Waals surface area contributed by atoms with Crippen LogP contribution in [0.15, 0.2) is 65.3 Å². The number of hydrogen-bond donors (Lipinski definition) is 1. The number of hydrogen-bond acceptors (Lipinski definition) is 4. The second kappa shape index (κ2) is 12.3. The largest absolute Gasteiger partial charge is 0.393 e. The number of rotatable bonds is 8. The number of aliphatic hydroxyl groups is 1. The molecule has 1 amide bonds. The van der Waals surface area contributed by atoms with E-state index in [9.17, 15) is 9.90 Å². The van der Waals surface area contributed by atoms with Crippen molar-refractivity contribution in [3.05, 3.63) is 97.7 Å². The summed E-state index contributed by atoms with van der Waals surface area (Å²) < 4.78 is 7.37. The molecule has 2 unspecified atom stereocenters. The van der Waals surface area contributed by atoms with Crippen molar-refractivity contribution in [3.8, 4) is 0 Å². The van der Waals surface area contributed by atoms with E-state index in [-0.39, 0.29) is 19.1 Å². The standard InChI is InChI=1S/C25H23BrCl2N2O3.C2H6/c1-2-21(31)11-12-33-25(16-3-6-18(27)7-4-16)23-10-5-17(26)13-22(23)24(32)30(25)15-20-9-8-19(28)14-29-20;1-2/h3-10,13-14,21,31H,2,11-12,15H2,1H3;1-2H3. The van der Waals surface area contributed by atoms with E-state index in [1.807, 2.05) is 51.1 Å². The lowest BCUT2D eigenvalue weighted by Gasteiger charge is -2.39. The number of amides is 1. The third kappa shape index (κ3) is 5.89. The fourth-order valence-corrected chi connectivity index (χ4v) is 4.64. The minimum atomic E-state index is -1.20. The molecule has 0 saturated carbocycles. The minimum Gasteiger partial charge on any atom is -0.393 e. The SMILES string of the molecule is CC.CCC(O)CCOC1(c2ccc(Cl)cc2)c2ccc(Br)cc2C(=O)N1Cc1ccc(Cl)cn1. The van der Waals surface area contributed by atoms with Crippen LogP contribution >= 0.6 is 39.1 Å². The van der Waals surface area contributed by atoms with E-state index in [1.165, 1.54) is 0 Å². The highest BCUT2D eigenvalue weighted by Gasteiger charge is 2.52. The first-order chi connectivity index (χ1) is 16.8. The van der Waals surface area contributed by atoms with Crippen LogP contribution < -0.4 is 0 Å². The number of pyridine rings is 1. The van der Waals surface area contributed by atoms with E-state index in [1.54, 1.807) is 35.4 Å². The van der Waals surface area contributed by atoms with E-state index < -0.39 is 11.8 Å². The van der Waals surface area contributed by atoms with Crippen LogP contribution in [0.3, 0.4) is 0 Å². The number of nitrogens with zero attached hydrogens (tertiary/aromatic N) is 2. The molecule has 1 aliphatic heterocycles. The van der Waals surface area contributed by atoms with Crippen molar-refractivity contribution in [3.63, 3.8) is 0 Å². The van der Waals surface area contributed by atoms with Crippen molar-refractivity contribution < 1.29 is 14.6 Å². The molecular formula is C27H29BrCl2N2O3. The zero-order valence-corrected chi connectivity index (χ0v) is 23.1. The van der Waals surface area contributed by atoms with Gasteiger partial charge in [-0.2, -0.15) is 0 Å². The molecule has 1 aliphatic rings. The highest BCUT2D eigenvalue weighted by Crippen LogP contribution is 2.47. The lowest BCUT2D eigenvalue weighted by molar-refractivity contribution is -0.117. The number of aromatic nitrogens is 1. The van der Waals surface area contributed by atoms with Gasteiger partial charge in [0.1, 0.15) is 0 Å². The Morgan fingerprint density at radius 2 is 1.77 bits per heavy atom. The van der Waals surface area contributed by atoms with Crippen molar-refractivity contribution in [2.45, 2.75) is 52.0 Å². The number of halogens is 3. The molecule has 1 N–H and O–H groups in total. The normalized spacial score (nSPS) is 17.6. The molecule has 8 heteroatoms. The Kier molecular flexibility index (Phi) is 9.73. The summed E-state index contributed by atoms with van der Waals surface area (Å²) in [7, 11) is 0. The summed E-state index contributed by atoms with van der Waals surface area (Å²) in [5.41, 5.74) is 1.52. The van der Waals surface area contributed by atoms with Crippen LogP contribution in [0.2, 0.25) is 10.0 Å². The van der Waals surface area contributed by atoms with Crippen LogP contribution in [0, 0.1) is 0 Å². The topological polar surface area (TPSA) is 62.7 Å². The Morgan fingerprint density at radius 1 is 1.09 bits per heavy atom. The van der Waals surface area contributed by atoms with Crippen molar-refractivity contribution in [2.24, 2.45) is 0 Å². The number of carbonyl (C=O) groups excluding carboxylic acids is 1. The number of fused-ring (bicyclic) bond motifs is 1. The van der Waals surface area contributed by atoms with Crippen LogP contribution in [0.4, 0.5) is 0 Å². The van der Waals surface area contributed by atoms with Gasteiger partial charge in [0.25, 0.3) is 5.91 Å². The Morgan fingerprint density at radius 3 is 2.40 bits per heavy atom. The maximum Gasteiger partial charge on any atom is 0.257 e. The first kappa shape index (κ1) is 27.6. The van der Waals surface area contributed by atoms with Gasteiger partial charge < -0.3 is 9.84 Å². The molecule has 0 bridgehead atoms. The number of aliphatic hydroxyl groups excluding tert-OH is 1. The average molecular weight is 580 g/mol. The van der Waals surface area contributed by atoms with Crippen LogP contribution in [-0.2, 0) is 17.0 Å². The Hall–Kier alpha value is -1.96. The summed E-state index contributed by atoms with van der Waals surface area (Å²) in [5.74, 6) is -0.172. The molecule has 0 aliphatic carbocycles. The van der Waals surface area contributed by atoms with Crippen molar-refractivity contribution in [2.75, 3.05) is 6.61 Å². The van der Waals surface area contributed by atoms with Crippen molar-refractivity contribution in [1.82, 2.24) is 9.88 Å². The highest BCUT2D eigenvalue weighted by atomic mass is 79.9. The lowest BCUT2D eigenvalue weighted by Crippen LogP contribution is -2.47. The second-order valence-corrected chi connectivity index (χ2v) is 9.69. The second-order valence-electron chi connectivity index (χ2n) is 7.90. The summed E-state index contributed by atoms with van der Waals surface area (Å²) in [4.78, 5) is 19.8. The molecule has 5 nitrogen and oxygen atoms in total. The molecule has 0 radical (unpaired) electrons. The lowest BCUT2D eigenvalue weighted by atomic mass is 9.93. The van der Waals surface area contributed by atoms with Gasteiger partial charge in [-0.3, -0.25) is 14.7 Å². The molecule has 0 fully saturated rings. The highest BCUT2D eigenvalue weighted by molar-refractivity contribution is 9.10. The molecule has 1 aromatic heterocycles. The predicted molar refractivity (Wildman–Crippen MR) is 144 cm³/mol. The van der Waals surface area contributed by atoms with Crippen LogP contribution in [0.25, 0.3) is 0 Å². The van der Waals surface area contributed by atoms with Gasteiger partial charge in [-0.05, 0) is 49.2 Å². The number of benzene rings is 2. The molecule has 186 valence electrons. The smallest absolute Gasteiger partial charge is 0.257 e. The molecule has 0 spiro atoms. The van der Waals surface area contributed by atoms with Gasteiger partial charge in [0.2, 0.25) is 0 Å². The summed E-state index contributed by atoms with van der Waals surface area (Å²) in [5, 5.41) is 11.2. The molecule has 2 atom stereocenters. The molecular weight excluding hydrogens is 551 g/mol. The van der Waals surface area contributed by atoms with E-state index >= 15 is 0 Å². The predicted octanol–water partition coefficient (Wildman–Crippen LogP) is 7.21. The fraction of sp³-hybridized carbons (Fsp3) is 0.333. The molecule has 35 heavy (non-hydrogen) atoms. The summed E-state index contributed by atoms with van der Waals surface area (Å²) >= 11 is 15.7. The molecule has 0 saturated heterocycles. The Labute approximate surface area is 225 Å². The van der Waals surface area contributed by atoms with Gasteiger partial charge in [-0.15, -0.1) is 0 Å². The van der Waals surface area contributed by atoms with Crippen LogP contribution in [0.5, 0.6) is 0 Å². The van der Waals surface area contributed by atoms with Crippen LogP contribution in [0.1, 0.15) is 60.8 Å². The van der Waals surface area contributed by atoms with E-state index in [4.69, 9.17) is 27.9 Å². The summed E-state index contributed by atoms with van der Waals surface area (Å²) in [6.45, 7) is 6.39. The molecule has 2 aromatic carbocycles. The first-order valence-electron chi connectivity index (χ1n) is 11.7. The Balaban J connectivity index is 0.00000167. The van der Waals surface area contributed by atoms with E-state index in [0.29, 0.717) is 34.1 Å². The first-order valence-corrected chi connectivity index (χ1v) is 13.2. The summed E-state index contributed by atoms with van der Waals surface area (Å²) in [6.07, 6.45) is 2.14. The van der Waals surface area contributed by atoms with Gasteiger partial charge in [-0.1, -0.05) is 78.1 Å². The molecule has 4 rings (SSSR count). The minimum absolute atomic E-state index is 0.172. The van der Waals surface area contributed by atoms with Gasteiger partial charge >= 0.3 is 0 Å². The molecule has 2 heterocycles. The number of carbonyl (C=O) groups is 1. The summed E-state index contributed by atoms with van der Waals surface area (Å²) in [6, 6.07) is 16.4. The van der Waals surface area contributed by atoms with Gasteiger partial charge in [0, 0.05) is 32.4 Å². The maximum atomic E-state index is 13.7. The zero-order chi connectivity index (χ0) is 25.6. The average Bonchev–Trinajstić information content (AvgIpc) is 3.09. The van der Waals surface area contributed by atoms with Crippen molar-refractivity contribution >= 4 is 45.0 Å². The third-order valence-electron chi connectivity index (χ3n) is 5.78. The van der Waals surface area contributed by atoms with Gasteiger partial charge in [-0.25, -0.2) is 0 Å². The zero-order valence-electron chi connectivity index (χ0n) is 20.0. The monoisotopic (exact) mass is 578 g/mol. The Bertz CT molecular complexity index is 1140. The van der Waals surface area contributed by atoms with E-state index in [0.717, 1.165) is 15.6 Å². The van der Waals surface area contributed by atoms with Gasteiger partial charge in [0.15, 0.2) is 5.72 Å². The van der Waals surface area contributed by atoms with E-state index in [2.05, 4.69) is 20.9 Å². The van der Waals surface area contributed by atoms with Gasteiger partial charge in [0.05, 0.1) is 30.0 Å². The maximum absolute atomic E-state index is 13.7. The number of ether oxygens (including phenoxy) is 1.